The van der Waals surface area contributed by atoms with Gasteiger partial charge in [0.2, 0.25) is 0 Å². The first-order chi connectivity index (χ1) is 13.2. The maximum atomic E-state index is 13.5. The Hall–Kier alpha value is -1.79. The van der Waals surface area contributed by atoms with E-state index in [4.69, 9.17) is 17.0 Å². The van der Waals surface area contributed by atoms with Gasteiger partial charge in [0.25, 0.3) is 0 Å². The molecule has 2 N–H and O–H groups in total. The second-order valence-corrected chi connectivity index (χ2v) is 8.09. The van der Waals surface area contributed by atoms with Crippen molar-refractivity contribution in [3.63, 3.8) is 0 Å². The van der Waals surface area contributed by atoms with E-state index < -0.39 is 0 Å². The zero-order valence-electron chi connectivity index (χ0n) is 15.2. The van der Waals surface area contributed by atoms with Gasteiger partial charge in [-0.2, -0.15) is 11.8 Å². The third-order valence-corrected chi connectivity index (χ3v) is 5.72. The summed E-state index contributed by atoms with van der Waals surface area (Å²) in [6.07, 6.45) is 5.21. The van der Waals surface area contributed by atoms with Crippen LogP contribution in [-0.4, -0.2) is 23.5 Å². The van der Waals surface area contributed by atoms with Crippen molar-refractivity contribution in [3.05, 3.63) is 59.9 Å². The van der Waals surface area contributed by atoms with Gasteiger partial charge < -0.3 is 15.4 Å². The van der Waals surface area contributed by atoms with Gasteiger partial charge in [-0.25, -0.2) is 4.39 Å². The Labute approximate surface area is 170 Å². The molecule has 3 nitrogen and oxygen atoms in total. The normalized spacial score (nSPS) is 14.1. The van der Waals surface area contributed by atoms with Crippen LogP contribution in [0, 0.1) is 5.82 Å². The molecule has 0 bridgehead atoms. The van der Waals surface area contributed by atoms with Gasteiger partial charge in [-0.15, -0.1) is 0 Å². The molecule has 2 aromatic rings. The van der Waals surface area contributed by atoms with Gasteiger partial charge in [-0.1, -0.05) is 18.2 Å². The van der Waals surface area contributed by atoms with Crippen LogP contribution >= 0.6 is 24.0 Å². The maximum Gasteiger partial charge on any atom is 0.170 e. The van der Waals surface area contributed by atoms with Crippen LogP contribution in [0.15, 0.2) is 48.5 Å². The van der Waals surface area contributed by atoms with Crippen molar-refractivity contribution in [2.24, 2.45) is 0 Å². The van der Waals surface area contributed by atoms with E-state index in [1.54, 1.807) is 17.8 Å². The van der Waals surface area contributed by atoms with Crippen molar-refractivity contribution < 1.29 is 9.13 Å². The monoisotopic (exact) mass is 404 g/mol. The Morgan fingerprint density at radius 2 is 1.85 bits per heavy atom. The molecule has 0 aliphatic heterocycles. The number of ether oxygens (including phenoxy) is 1. The van der Waals surface area contributed by atoms with Crippen LogP contribution < -0.4 is 15.4 Å². The minimum absolute atomic E-state index is 0.143. The highest BCUT2D eigenvalue weighted by atomic mass is 32.2. The van der Waals surface area contributed by atoms with E-state index in [0.29, 0.717) is 17.0 Å². The Morgan fingerprint density at radius 3 is 2.59 bits per heavy atom. The summed E-state index contributed by atoms with van der Waals surface area (Å²) in [5, 5.41) is 6.94. The van der Waals surface area contributed by atoms with Gasteiger partial charge in [-0.3, -0.25) is 0 Å². The molecule has 1 aliphatic rings. The molecule has 27 heavy (non-hydrogen) atoms. The van der Waals surface area contributed by atoms with E-state index in [1.807, 2.05) is 36.4 Å². The molecule has 6 heteroatoms. The second kappa shape index (κ2) is 10.5. The Balaban J connectivity index is 1.32. The zero-order valence-corrected chi connectivity index (χ0v) is 16.9. The van der Waals surface area contributed by atoms with Crippen molar-refractivity contribution in [1.29, 1.82) is 0 Å². The molecular formula is C21H25FN2OS2. The number of hydrogen-bond acceptors (Lipinski definition) is 3. The molecular weight excluding hydrogens is 379 g/mol. The number of rotatable bonds is 8. The number of hydrogen-bond donors (Lipinski definition) is 2. The van der Waals surface area contributed by atoms with Gasteiger partial charge in [0.05, 0.1) is 6.10 Å². The van der Waals surface area contributed by atoms with E-state index in [1.165, 1.54) is 18.9 Å². The van der Waals surface area contributed by atoms with Gasteiger partial charge in [-0.05, 0) is 73.8 Å². The number of nitrogens with one attached hydrogen (secondary N) is 2. The van der Waals surface area contributed by atoms with E-state index in [-0.39, 0.29) is 5.82 Å². The number of thiocarbonyl (C=S) groups is 1. The molecule has 3 rings (SSSR count). The van der Waals surface area contributed by atoms with Crippen LogP contribution in [-0.2, 0) is 5.75 Å². The van der Waals surface area contributed by atoms with Crippen LogP contribution in [0.25, 0.3) is 0 Å². The van der Waals surface area contributed by atoms with Crippen molar-refractivity contribution in [3.8, 4) is 5.75 Å². The van der Waals surface area contributed by atoms with Crippen LogP contribution in [0.1, 0.15) is 31.2 Å². The van der Waals surface area contributed by atoms with Crippen molar-refractivity contribution >= 4 is 34.8 Å². The molecule has 0 heterocycles. The highest BCUT2D eigenvalue weighted by Gasteiger charge is 2.16. The smallest absolute Gasteiger partial charge is 0.170 e. The Kier molecular flexibility index (Phi) is 7.78. The third kappa shape index (κ3) is 6.70. The highest BCUT2D eigenvalue weighted by molar-refractivity contribution is 7.98. The molecule has 2 aromatic carbocycles. The highest BCUT2D eigenvalue weighted by Crippen LogP contribution is 2.25. The number of thioether (sulfide) groups is 1. The first-order valence-corrected chi connectivity index (χ1v) is 10.9. The fourth-order valence-corrected chi connectivity index (χ4v) is 4.09. The van der Waals surface area contributed by atoms with E-state index in [9.17, 15) is 4.39 Å². The van der Waals surface area contributed by atoms with Crippen LogP contribution in [0.2, 0.25) is 0 Å². The van der Waals surface area contributed by atoms with Crippen LogP contribution in [0.3, 0.4) is 0 Å². The summed E-state index contributed by atoms with van der Waals surface area (Å²) in [6.45, 7) is 0.730. The lowest BCUT2D eigenvalue weighted by atomic mass is 10.2. The predicted octanol–water partition coefficient (Wildman–Crippen LogP) is 5.37. The molecule has 0 unspecified atom stereocenters. The molecule has 0 spiro atoms. The van der Waals surface area contributed by atoms with Gasteiger partial charge in [0.1, 0.15) is 11.6 Å². The lowest BCUT2D eigenvalue weighted by molar-refractivity contribution is 0.210. The third-order valence-electron chi connectivity index (χ3n) is 4.46. The zero-order chi connectivity index (χ0) is 18.9. The van der Waals surface area contributed by atoms with E-state index in [0.717, 1.165) is 42.1 Å². The van der Waals surface area contributed by atoms with E-state index in [2.05, 4.69) is 10.6 Å². The summed E-state index contributed by atoms with van der Waals surface area (Å²) in [4.78, 5) is 0. The Morgan fingerprint density at radius 1 is 1.11 bits per heavy atom. The van der Waals surface area contributed by atoms with Gasteiger partial charge in [0, 0.05) is 23.7 Å². The summed E-state index contributed by atoms with van der Waals surface area (Å²) in [5.41, 5.74) is 1.67. The molecule has 1 fully saturated rings. The molecule has 0 saturated heterocycles. The topological polar surface area (TPSA) is 33.3 Å². The van der Waals surface area contributed by atoms with Gasteiger partial charge in [0.15, 0.2) is 5.11 Å². The van der Waals surface area contributed by atoms with E-state index >= 15 is 0 Å². The van der Waals surface area contributed by atoms with Crippen molar-refractivity contribution in [2.45, 2.75) is 37.5 Å². The summed E-state index contributed by atoms with van der Waals surface area (Å²) >= 11 is 7.01. The van der Waals surface area contributed by atoms with Gasteiger partial charge >= 0.3 is 0 Å². The number of anilines is 1. The largest absolute Gasteiger partial charge is 0.490 e. The SMILES string of the molecule is Fc1ccccc1CSCCNC(=S)Nc1ccc(OC2CCCC2)cc1. The first-order valence-electron chi connectivity index (χ1n) is 9.33. The molecule has 0 atom stereocenters. The molecule has 1 aliphatic carbocycles. The predicted molar refractivity (Wildman–Crippen MR) is 116 cm³/mol. The standard InChI is InChI=1S/C21H25FN2OS2/c22-20-8-4-1-5-16(20)15-27-14-13-23-21(26)24-17-9-11-19(12-10-17)25-18-6-2-3-7-18/h1,4-5,8-12,18H,2-3,6-7,13-15H2,(H2,23,24,26). The van der Waals surface area contributed by atoms with Crippen LogP contribution in [0.4, 0.5) is 10.1 Å². The summed E-state index contributed by atoms with van der Waals surface area (Å²) < 4.78 is 19.5. The molecule has 0 radical (unpaired) electrons. The average Bonchev–Trinajstić information content (AvgIpc) is 3.17. The molecule has 1 saturated carbocycles. The fraction of sp³-hybridized carbons (Fsp3) is 0.381. The lowest BCUT2D eigenvalue weighted by Crippen LogP contribution is -2.30. The fourth-order valence-electron chi connectivity index (χ4n) is 3.03. The number of halogens is 1. The van der Waals surface area contributed by atoms with Crippen molar-refractivity contribution in [2.75, 3.05) is 17.6 Å². The molecule has 0 amide bonds. The average molecular weight is 405 g/mol. The minimum atomic E-state index is -0.143. The summed E-state index contributed by atoms with van der Waals surface area (Å²) in [5.74, 6) is 2.28. The minimum Gasteiger partial charge on any atom is -0.490 e. The first kappa shape index (κ1) is 20.0. The lowest BCUT2D eigenvalue weighted by Gasteiger charge is -2.14. The quantitative estimate of drug-likeness (QED) is 0.457. The Bertz CT molecular complexity index is 733. The summed E-state index contributed by atoms with van der Waals surface area (Å²) in [7, 11) is 0. The van der Waals surface area contributed by atoms with Crippen molar-refractivity contribution in [1.82, 2.24) is 5.32 Å². The van der Waals surface area contributed by atoms with Crippen LogP contribution in [0.5, 0.6) is 5.75 Å². The molecule has 144 valence electrons. The second-order valence-electron chi connectivity index (χ2n) is 6.57. The number of benzene rings is 2. The summed E-state index contributed by atoms with van der Waals surface area (Å²) in [6, 6.07) is 14.8. The molecule has 0 aromatic heterocycles. The maximum absolute atomic E-state index is 13.5.